The van der Waals surface area contributed by atoms with Gasteiger partial charge in [0.05, 0.1) is 19.8 Å². The summed E-state index contributed by atoms with van der Waals surface area (Å²) in [6, 6.07) is 9.66. The monoisotopic (exact) mass is 555 g/mol. The van der Waals surface area contributed by atoms with Gasteiger partial charge in [0.2, 0.25) is 0 Å². The van der Waals surface area contributed by atoms with Crippen LogP contribution in [0.15, 0.2) is 29.3 Å². The van der Waals surface area contributed by atoms with Gasteiger partial charge in [-0.1, -0.05) is 31.2 Å². The number of halogens is 1. The van der Waals surface area contributed by atoms with Crippen LogP contribution in [0.5, 0.6) is 0 Å². The summed E-state index contributed by atoms with van der Waals surface area (Å²) in [5.41, 5.74) is 2.73. The molecule has 1 unspecified atom stereocenters. The molecule has 0 spiro atoms. The highest BCUT2D eigenvalue weighted by atomic mass is 127. The Kier molecular flexibility index (Phi) is 10.5. The molecule has 7 heteroatoms. The molecule has 0 radical (unpaired) electrons. The Bertz CT molecular complexity index is 716. The molecule has 0 amide bonds. The summed E-state index contributed by atoms with van der Waals surface area (Å²) in [5, 5.41) is 3.53. The highest BCUT2D eigenvalue weighted by Gasteiger charge is 2.30. The summed E-state index contributed by atoms with van der Waals surface area (Å²) in [6.07, 6.45) is 3.88. The molecule has 1 N–H and O–H groups in total. The number of likely N-dealkylation sites (tertiary alicyclic amines) is 2. The lowest BCUT2D eigenvalue weighted by Gasteiger charge is -2.32. The van der Waals surface area contributed by atoms with Gasteiger partial charge in [-0.3, -0.25) is 9.80 Å². The molecule has 0 bridgehead atoms. The third-order valence-corrected chi connectivity index (χ3v) is 7.05. The van der Waals surface area contributed by atoms with E-state index < -0.39 is 0 Å². The summed E-state index contributed by atoms with van der Waals surface area (Å²) in [4.78, 5) is 12.7. The molecule has 180 valence electrons. The number of guanidine groups is 1. The first-order valence-corrected chi connectivity index (χ1v) is 12.4. The quantitative estimate of drug-likeness (QED) is 0.331. The molecule has 4 rings (SSSR count). The second kappa shape index (κ2) is 13.1. The van der Waals surface area contributed by atoms with Crippen LogP contribution in [-0.4, -0.2) is 85.7 Å². The summed E-state index contributed by atoms with van der Waals surface area (Å²) >= 11 is 0. The van der Waals surface area contributed by atoms with Gasteiger partial charge in [0, 0.05) is 45.3 Å². The molecule has 1 aromatic carbocycles. The van der Waals surface area contributed by atoms with E-state index in [0.29, 0.717) is 6.04 Å². The Morgan fingerprint density at radius 2 is 1.81 bits per heavy atom. The number of benzene rings is 1. The molecule has 6 nitrogen and oxygen atoms in total. The van der Waals surface area contributed by atoms with Crippen molar-refractivity contribution in [2.24, 2.45) is 10.9 Å². The van der Waals surface area contributed by atoms with Crippen LogP contribution in [0.3, 0.4) is 0 Å². The van der Waals surface area contributed by atoms with Crippen LogP contribution in [0.4, 0.5) is 0 Å². The van der Waals surface area contributed by atoms with Gasteiger partial charge in [-0.2, -0.15) is 0 Å². The molecule has 0 saturated carbocycles. The van der Waals surface area contributed by atoms with Gasteiger partial charge in [0.25, 0.3) is 0 Å². The van der Waals surface area contributed by atoms with Crippen molar-refractivity contribution in [3.8, 4) is 0 Å². The number of nitrogens with one attached hydrogen (secondary N) is 1. The van der Waals surface area contributed by atoms with Crippen molar-refractivity contribution < 1.29 is 4.74 Å². The molecule has 0 aromatic heterocycles. The average Bonchev–Trinajstić information content (AvgIpc) is 3.29. The standard InChI is InChI=1S/C25H41N5O.HI/c1-3-26-25(30-12-9-24(20-30)29-13-15-31-16-14-29)27-18-22-5-4-6-23(17-22)19-28-10-7-21(2)8-11-28;/h4-6,17,21,24H,3,7-16,18-20H2,1-2H3,(H,26,27);1H. The van der Waals surface area contributed by atoms with Gasteiger partial charge >= 0.3 is 0 Å². The second-order valence-electron chi connectivity index (χ2n) is 9.49. The Hall–Kier alpha value is -0.900. The smallest absolute Gasteiger partial charge is 0.194 e. The molecule has 32 heavy (non-hydrogen) atoms. The molecule has 0 aliphatic carbocycles. The average molecular weight is 556 g/mol. The third-order valence-electron chi connectivity index (χ3n) is 7.05. The number of ether oxygens (including phenoxy) is 1. The minimum atomic E-state index is 0. The lowest BCUT2D eigenvalue weighted by atomic mass is 9.98. The van der Waals surface area contributed by atoms with Crippen molar-refractivity contribution in [1.29, 1.82) is 0 Å². The maximum atomic E-state index is 5.53. The Labute approximate surface area is 211 Å². The molecule has 3 saturated heterocycles. The predicted molar refractivity (Wildman–Crippen MR) is 143 cm³/mol. The molecular formula is C25H42IN5O. The van der Waals surface area contributed by atoms with E-state index in [-0.39, 0.29) is 24.0 Å². The zero-order valence-electron chi connectivity index (χ0n) is 20.0. The fourth-order valence-electron chi connectivity index (χ4n) is 5.07. The van der Waals surface area contributed by atoms with Crippen LogP contribution in [0.25, 0.3) is 0 Å². The second-order valence-corrected chi connectivity index (χ2v) is 9.49. The Balaban J connectivity index is 0.00000289. The van der Waals surface area contributed by atoms with Crippen LogP contribution in [0, 0.1) is 5.92 Å². The molecular weight excluding hydrogens is 513 g/mol. The number of rotatable bonds is 6. The predicted octanol–water partition coefficient (Wildman–Crippen LogP) is 3.41. The molecule has 3 aliphatic heterocycles. The van der Waals surface area contributed by atoms with Gasteiger partial charge in [-0.15, -0.1) is 24.0 Å². The maximum Gasteiger partial charge on any atom is 0.194 e. The minimum absolute atomic E-state index is 0. The lowest BCUT2D eigenvalue weighted by molar-refractivity contribution is 0.0195. The number of morpholine rings is 1. The number of hydrogen-bond donors (Lipinski definition) is 1. The van der Waals surface area contributed by atoms with E-state index in [4.69, 9.17) is 9.73 Å². The first-order valence-electron chi connectivity index (χ1n) is 12.4. The van der Waals surface area contributed by atoms with Crippen molar-refractivity contribution in [2.45, 2.75) is 52.2 Å². The Morgan fingerprint density at radius 1 is 1.06 bits per heavy atom. The van der Waals surface area contributed by atoms with Crippen molar-refractivity contribution in [2.75, 3.05) is 59.0 Å². The topological polar surface area (TPSA) is 43.3 Å². The summed E-state index contributed by atoms with van der Waals surface area (Å²) in [6.45, 7) is 15.7. The van der Waals surface area contributed by atoms with E-state index in [1.165, 1.54) is 43.5 Å². The van der Waals surface area contributed by atoms with Crippen LogP contribution in [-0.2, 0) is 17.8 Å². The zero-order chi connectivity index (χ0) is 21.5. The first-order chi connectivity index (χ1) is 15.2. The fourth-order valence-corrected chi connectivity index (χ4v) is 5.07. The largest absolute Gasteiger partial charge is 0.379 e. The van der Waals surface area contributed by atoms with Gasteiger partial charge in [-0.05, 0) is 56.3 Å². The molecule has 3 aliphatic rings. The van der Waals surface area contributed by atoms with Crippen molar-refractivity contribution in [3.63, 3.8) is 0 Å². The van der Waals surface area contributed by atoms with Gasteiger partial charge in [0.1, 0.15) is 0 Å². The normalized spacial score (nSPS) is 23.9. The Morgan fingerprint density at radius 3 is 2.56 bits per heavy atom. The highest BCUT2D eigenvalue weighted by Crippen LogP contribution is 2.20. The van der Waals surface area contributed by atoms with E-state index in [0.717, 1.165) is 70.9 Å². The van der Waals surface area contributed by atoms with Gasteiger partial charge in [0.15, 0.2) is 5.96 Å². The molecule has 1 atom stereocenters. The lowest BCUT2D eigenvalue weighted by Crippen LogP contribution is -2.46. The number of hydrogen-bond acceptors (Lipinski definition) is 4. The minimum Gasteiger partial charge on any atom is -0.379 e. The van der Waals surface area contributed by atoms with E-state index in [1.54, 1.807) is 0 Å². The fraction of sp³-hybridized carbons (Fsp3) is 0.720. The first kappa shape index (κ1) is 25.7. The number of aliphatic imine (C=N–C) groups is 1. The number of piperidine rings is 1. The van der Waals surface area contributed by atoms with Crippen LogP contribution < -0.4 is 5.32 Å². The van der Waals surface area contributed by atoms with Crippen LogP contribution >= 0.6 is 24.0 Å². The van der Waals surface area contributed by atoms with E-state index in [2.05, 4.69) is 58.1 Å². The SMILES string of the molecule is CCNC(=NCc1cccc(CN2CCC(C)CC2)c1)N1CCC(N2CCOCC2)C1.I. The van der Waals surface area contributed by atoms with E-state index in [1.807, 2.05) is 0 Å². The van der Waals surface area contributed by atoms with Crippen molar-refractivity contribution >= 4 is 29.9 Å². The highest BCUT2D eigenvalue weighted by molar-refractivity contribution is 14.0. The van der Waals surface area contributed by atoms with Crippen molar-refractivity contribution in [3.05, 3.63) is 35.4 Å². The van der Waals surface area contributed by atoms with Crippen LogP contribution in [0.1, 0.15) is 44.2 Å². The van der Waals surface area contributed by atoms with Crippen molar-refractivity contribution in [1.82, 2.24) is 20.0 Å². The summed E-state index contributed by atoms with van der Waals surface area (Å²) in [7, 11) is 0. The van der Waals surface area contributed by atoms with Gasteiger partial charge < -0.3 is 15.0 Å². The zero-order valence-corrected chi connectivity index (χ0v) is 22.3. The molecule has 1 aromatic rings. The summed E-state index contributed by atoms with van der Waals surface area (Å²) < 4.78 is 5.53. The van der Waals surface area contributed by atoms with E-state index >= 15 is 0 Å². The van der Waals surface area contributed by atoms with E-state index in [9.17, 15) is 0 Å². The molecule has 3 fully saturated rings. The molecule has 3 heterocycles. The maximum absolute atomic E-state index is 5.53. The summed E-state index contributed by atoms with van der Waals surface area (Å²) in [5.74, 6) is 1.95. The third kappa shape index (κ3) is 7.30. The van der Waals surface area contributed by atoms with Crippen LogP contribution in [0.2, 0.25) is 0 Å². The number of nitrogens with zero attached hydrogens (tertiary/aromatic N) is 4. The van der Waals surface area contributed by atoms with Gasteiger partial charge in [-0.25, -0.2) is 4.99 Å².